The molecule has 2 N–H and O–H groups in total. The molecule has 0 unspecified atom stereocenters. The summed E-state index contributed by atoms with van der Waals surface area (Å²) in [6.07, 6.45) is 4.49. The molecule has 1 aliphatic carbocycles. The van der Waals surface area contributed by atoms with Crippen LogP contribution in [0.5, 0.6) is 5.75 Å². The van der Waals surface area contributed by atoms with Crippen LogP contribution in [0.1, 0.15) is 36.8 Å². The van der Waals surface area contributed by atoms with E-state index in [4.69, 9.17) is 15.7 Å². The van der Waals surface area contributed by atoms with Crippen molar-refractivity contribution in [3.8, 4) is 11.8 Å². The second-order valence-corrected chi connectivity index (χ2v) is 4.95. The predicted molar refractivity (Wildman–Crippen MR) is 66.8 cm³/mol. The Kier molecular flexibility index (Phi) is 3.35. The van der Waals surface area contributed by atoms with E-state index in [0.717, 1.165) is 24.2 Å². The van der Waals surface area contributed by atoms with Crippen LogP contribution in [-0.2, 0) is 0 Å². The molecule has 1 saturated carbocycles. The van der Waals surface area contributed by atoms with Crippen LogP contribution in [-0.4, -0.2) is 12.1 Å². The van der Waals surface area contributed by atoms with Crippen LogP contribution in [0.15, 0.2) is 18.2 Å². The second-order valence-electron chi connectivity index (χ2n) is 4.95. The van der Waals surface area contributed by atoms with Crippen LogP contribution in [0, 0.1) is 18.3 Å². The third-order valence-corrected chi connectivity index (χ3v) is 3.44. The first-order chi connectivity index (χ1) is 8.13. The zero-order chi connectivity index (χ0) is 12.3. The Labute approximate surface area is 102 Å². The van der Waals surface area contributed by atoms with Gasteiger partial charge in [0.15, 0.2) is 0 Å². The Morgan fingerprint density at radius 3 is 2.71 bits per heavy atom. The predicted octanol–water partition coefficient (Wildman–Crippen LogP) is 2.52. The minimum Gasteiger partial charge on any atom is -0.492 e. The van der Waals surface area contributed by atoms with E-state index in [1.807, 2.05) is 19.1 Å². The largest absolute Gasteiger partial charge is 0.492 e. The van der Waals surface area contributed by atoms with Crippen LogP contribution in [0.2, 0.25) is 0 Å². The number of ether oxygens (including phenoxy) is 1. The summed E-state index contributed by atoms with van der Waals surface area (Å²) >= 11 is 0. The maximum absolute atomic E-state index is 8.84. The molecule has 90 valence electrons. The molecular weight excluding hydrogens is 212 g/mol. The number of nitriles is 1. The van der Waals surface area contributed by atoms with Crippen LogP contribution >= 0.6 is 0 Å². The Balaban J connectivity index is 2.00. The average Bonchev–Trinajstić information content (AvgIpc) is 2.74. The number of nitrogens with two attached hydrogens (primary N) is 1. The van der Waals surface area contributed by atoms with E-state index in [1.54, 1.807) is 6.07 Å². The van der Waals surface area contributed by atoms with Crippen LogP contribution in [0.25, 0.3) is 0 Å². The molecule has 1 aliphatic rings. The highest BCUT2D eigenvalue weighted by atomic mass is 16.5. The zero-order valence-electron chi connectivity index (χ0n) is 10.2. The van der Waals surface area contributed by atoms with Gasteiger partial charge in [-0.1, -0.05) is 12.8 Å². The first-order valence-electron chi connectivity index (χ1n) is 6.05. The molecule has 0 atom stereocenters. The van der Waals surface area contributed by atoms with E-state index in [2.05, 4.69) is 6.07 Å². The van der Waals surface area contributed by atoms with Gasteiger partial charge in [-0.3, -0.25) is 0 Å². The Bertz CT molecular complexity index is 442. The fourth-order valence-electron chi connectivity index (χ4n) is 2.30. The van der Waals surface area contributed by atoms with Crippen molar-refractivity contribution >= 4 is 0 Å². The van der Waals surface area contributed by atoms with Crippen molar-refractivity contribution in [2.45, 2.75) is 38.1 Å². The highest BCUT2D eigenvalue weighted by molar-refractivity contribution is 5.41. The van der Waals surface area contributed by atoms with E-state index in [0.29, 0.717) is 12.2 Å². The molecule has 0 radical (unpaired) electrons. The number of rotatable bonds is 3. The van der Waals surface area contributed by atoms with E-state index in [1.165, 1.54) is 12.8 Å². The van der Waals surface area contributed by atoms with E-state index < -0.39 is 0 Å². The smallest absolute Gasteiger partial charge is 0.119 e. The molecule has 1 aromatic carbocycles. The Morgan fingerprint density at radius 1 is 1.41 bits per heavy atom. The quantitative estimate of drug-likeness (QED) is 0.868. The van der Waals surface area contributed by atoms with Crippen molar-refractivity contribution < 1.29 is 4.74 Å². The molecule has 1 fully saturated rings. The summed E-state index contributed by atoms with van der Waals surface area (Å²) in [5.74, 6) is 0.804. The normalized spacial score (nSPS) is 17.7. The molecule has 0 bridgehead atoms. The number of nitrogens with zero attached hydrogens (tertiary/aromatic N) is 1. The number of benzene rings is 1. The summed E-state index contributed by atoms with van der Waals surface area (Å²) in [6, 6.07) is 7.68. The molecular formula is C14H18N2O. The lowest BCUT2D eigenvalue weighted by Crippen LogP contribution is -2.42. The first kappa shape index (κ1) is 11.9. The molecule has 0 amide bonds. The summed E-state index contributed by atoms with van der Waals surface area (Å²) in [5, 5.41) is 8.84. The number of aryl methyl sites for hydroxylation is 1. The van der Waals surface area contributed by atoms with Gasteiger partial charge in [-0.25, -0.2) is 0 Å². The highest BCUT2D eigenvalue weighted by Crippen LogP contribution is 2.28. The topological polar surface area (TPSA) is 59.0 Å². The lowest BCUT2D eigenvalue weighted by molar-refractivity contribution is 0.220. The van der Waals surface area contributed by atoms with Gasteiger partial charge in [0.05, 0.1) is 17.2 Å². The van der Waals surface area contributed by atoms with Crippen LogP contribution < -0.4 is 10.5 Å². The minimum atomic E-state index is -0.151. The molecule has 3 nitrogen and oxygen atoms in total. The van der Waals surface area contributed by atoms with Gasteiger partial charge in [-0.15, -0.1) is 0 Å². The molecule has 1 aromatic rings. The van der Waals surface area contributed by atoms with Crippen LogP contribution in [0.3, 0.4) is 0 Å². The Morgan fingerprint density at radius 2 is 2.12 bits per heavy atom. The lowest BCUT2D eigenvalue weighted by Gasteiger charge is -2.23. The van der Waals surface area contributed by atoms with Gasteiger partial charge in [0.25, 0.3) is 0 Å². The molecule has 0 spiro atoms. The number of hydrogen-bond acceptors (Lipinski definition) is 3. The molecule has 0 aliphatic heterocycles. The van der Waals surface area contributed by atoms with E-state index in [9.17, 15) is 0 Å². The van der Waals surface area contributed by atoms with Crippen LogP contribution in [0.4, 0.5) is 0 Å². The van der Waals surface area contributed by atoms with Crippen molar-refractivity contribution in [3.05, 3.63) is 29.3 Å². The van der Waals surface area contributed by atoms with Gasteiger partial charge in [0, 0.05) is 0 Å². The summed E-state index contributed by atoms with van der Waals surface area (Å²) in [4.78, 5) is 0. The highest BCUT2D eigenvalue weighted by Gasteiger charge is 2.30. The fourth-order valence-corrected chi connectivity index (χ4v) is 2.30. The van der Waals surface area contributed by atoms with E-state index in [-0.39, 0.29) is 5.54 Å². The van der Waals surface area contributed by atoms with Crippen molar-refractivity contribution in [3.63, 3.8) is 0 Å². The fraction of sp³-hybridized carbons (Fsp3) is 0.500. The average molecular weight is 230 g/mol. The third kappa shape index (κ3) is 2.78. The lowest BCUT2D eigenvalue weighted by atomic mass is 10.0. The first-order valence-corrected chi connectivity index (χ1v) is 6.05. The molecule has 2 rings (SSSR count). The standard InChI is InChI=1S/C14H18N2O/c1-11-8-13(5-4-12(11)9-15)17-10-14(16)6-2-3-7-14/h4-5,8H,2-3,6-7,10,16H2,1H3. The van der Waals surface area contributed by atoms with Gasteiger partial charge < -0.3 is 10.5 Å². The molecule has 0 heterocycles. The van der Waals surface area contributed by atoms with Gasteiger partial charge >= 0.3 is 0 Å². The van der Waals surface area contributed by atoms with Crippen molar-refractivity contribution in [2.24, 2.45) is 5.73 Å². The van der Waals surface area contributed by atoms with E-state index >= 15 is 0 Å². The van der Waals surface area contributed by atoms with Gasteiger partial charge in [0.1, 0.15) is 12.4 Å². The van der Waals surface area contributed by atoms with Crippen molar-refractivity contribution in [2.75, 3.05) is 6.61 Å². The molecule has 3 heteroatoms. The van der Waals surface area contributed by atoms with Gasteiger partial charge in [0.2, 0.25) is 0 Å². The van der Waals surface area contributed by atoms with Crippen molar-refractivity contribution in [1.82, 2.24) is 0 Å². The van der Waals surface area contributed by atoms with Gasteiger partial charge in [-0.05, 0) is 43.5 Å². The monoisotopic (exact) mass is 230 g/mol. The number of hydrogen-bond donors (Lipinski definition) is 1. The summed E-state index contributed by atoms with van der Waals surface area (Å²) in [6.45, 7) is 2.48. The molecule has 17 heavy (non-hydrogen) atoms. The summed E-state index contributed by atoms with van der Waals surface area (Å²) in [5.41, 5.74) is 7.71. The molecule has 0 aromatic heterocycles. The SMILES string of the molecule is Cc1cc(OCC2(N)CCCC2)ccc1C#N. The maximum Gasteiger partial charge on any atom is 0.119 e. The summed E-state index contributed by atoms with van der Waals surface area (Å²) < 4.78 is 5.74. The Hall–Kier alpha value is -1.53. The minimum absolute atomic E-state index is 0.151. The zero-order valence-corrected chi connectivity index (χ0v) is 10.2. The summed E-state index contributed by atoms with van der Waals surface area (Å²) in [7, 11) is 0. The maximum atomic E-state index is 8.84. The van der Waals surface area contributed by atoms with Gasteiger partial charge in [-0.2, -0.15) is 5.26 Å². The molecule has 0 saturated heterocycles. The van der Waals surface area contributed by atoms with Crippen molar-refractivity contribution in [1.29, 1.82) is 5.26 Å². The third-order valence-electron chi connectivity index (χ3n) is 3.44. The second kappa shape index (κ2) is 4.77.